The summed E-state index contributed by atoms with van der Waals surface area (Å²) in [4.78, 5) is 0. The Morgan fingerprint density at radius 1 is 1.25 bits per heavy atom. The average Bonchev–Trinajstić information content (AvgIpc) is 2.24. The number of rotatable bonds is 2. The van der Waals surface area contributed by atoms with Gasteiger partial charge < -0.3 is 9.47 Å². The van der Waals surface area contributed by atoms with E-state index < -0.39 is 15.1 Å². The third-order valence-corrected chi connectivity index (χ3v) is 4.56. The normalized spacial score (nSPS) is 40.1. The molecule has 1 aliphatic heterocycles. The highest BCUT2D eigenvalue weighted by atomic mass is 32.2. The van der Waals surface area contributed by atoms with Gasteiger partial charge in [0.25, 0.3) is 0 Å². The zero-order chi connectivity index (χ0) is 9.35. The lowest BCUT2D eigenvalue weighted by atomic mass is 10.2. The first kappa shape index (κ1) is 9.95. The second-order valence-corrected chi connectivity index (χ2v) is 5.41. The maximum absolute atomic E-state index is 11.3. The standard InChI is InChI=1S/C7H14O4S/c1-5-7(11-3)6(10-2)4-12(5,8)9/h5-7H,4H2,1-3H3/t5-,6-,7-/m0/s1. The average molecular weight is 194 g/mol. The molecule has 0 amide bonds. The highest BCUT2D eigenvalue weighted by Crippen LogP contribution is 2.24. The van der Waals surface area contributed by atoms with Gasteiger partial charge in [-0.2, -0.15) is 0 Å². The molecule has 0 aromatic heterocycles. The molecule has 1 saturated heterocycles. The smallest absolute Gasteiger partial charge is 0.158 e. The third kappa shape index (κ3) is 1.48. The van der Waals surface area contributed by atoms with Crippen LogP contribution in [0.1, 0.15) is 6.92 Å². The van der Waals surface area contributed by atoms with Crippen LogP contribution in [0.4, 0.5) is 0 Å². The minimum absolute atomic E-state index is 0.0726. The van der Waals surface area contributed by atoms with Gasteiger partial charge in [-0.1, -0.05) is 0 Å². The van der Waals surface area contributed by atoms with Crippen molar-refractivity contribution < 1.29 is 17.9 Å². The monoisotopic (exact) mass is 194 g/mol. The van der Waals surface area contributed by atoms with Gasteiger partial charge >= 0.3 is 0 Å². The van der Waals surface area contributed by atoms with E-state index in [1.54, 1.807) is 6.92 Å². The van der Waals surface area contributed by atoms with Gasteiger partial charge in [-0.3, -0.25) is 0 Å². The van der Waals surface area contributed by atoms with E-state index in [9.17, 15) is 8.42 Å². The number of hydrogen-bond donors (Lipinski definition) is 0. The molecule has 4 nitrogen and oxygen atoms in total. The zero-order valence-corrected chi connectivity index (χ0v) is 8.30. The van der Waals surface area contributed by atoms with E-state index in [0.29, 0.717) is 0 Å². The highest BCUT2D eigenvalue weighted by molar-refractivity contribution is 7.92. The molecule has 1 heterocycles. The lowest BCUT2D eigenvalue weighted by Crippen LogP contribution is -2.32. The van der Waals surface area contributed by atoms with Crippen molar-refractivity contribution in [2.45, 2.75) is 24.4 Å². The van der Waals surface area contributed by atoms with Crippen molar-refractivity contribution in [3.8, 4) is 0 Å². The summed E-state index contributed by atoms with van der Waals surface area (Å²) in [6.07, 6.45) is -0.630. The van der Waals surface area contributed by atoms with Gasteiger partial charge in [0.15, 0.2) is 9.84 Å². The van der Waals surface area contributed by atoms with Crippen LogP contribution in [0, 0.1) is 0 Å². The molecule has 1 fully saturated rings. The van der Waals surface area contributed by atoms with Gasteiger partial charge in [0.05, 0.1) is 17.1 Å². The minimum Gasteiger partial charge on any atom is -0.378 e. The first-order chi connectivity index (χ1) is 5.53. The van der Waals surface area contributed by atoms with Crippen LogP contribution in [0.5, 0.6) is 0 Å². The summed E-state index contributed by atoms with van der Waals surface area (Å²) in [6.45, 7) is 1.66. The molecule has 0 aromatic carbocycles. The lowest BCUT2D eigenvalue weighted by molar-refractivity contribution is -0.0149. The van der Waals surface area contributed by atoms with E-state index in [-0.39, 0.29) is 18.0 Å². The summed E-state index contributed by atoms with van der Waals surface area (Å²) in [5.74, 6) is 0.0726. The van der Waals surface area contributed by atoms with E-state index in [2.05, 4.69) is 0 Å². The summed E-state index contributed by atoms with van der Waals surface area (Å²) in [7, 11) is 0.0146. The Balaban J connectivity index is 2.87. The Kier molecular flexibility index (Phi) is 2.75. The number of hydrogen-bond acceptors (Lipinski definition) is 4. The Bertz CT molecular complexity index is 246. The maximum Gasteiger partial charge on any atom is 0.158 e. The quantitative estimate of drug-likeness (QED) is 0.612. The predicted molar refractivity (Wildman–Crippen MR) is 44.8 cm³/mol. The zero-order valence-electron chi connectivity index (χ0n) is 7.48. The first-order valence-electron chi connectivity index (χ1n) is 3.80. The second kappa shape index (κ2) is 3.32. The van der Waals surface area contributed by atoms with Crippen LogP contribution in [0.25, 0.3) is 0 Å². The second-order valence-electron chi connectivity index (χ2n) is 3.01. The van der Waals surface area contributed by atoms with Gasteiger partial charge in [0, 0.05) is 14.2 Å². The van der Waals surface area contributed by atoms with Gasteiger partial charge in [-0.15, -0.1) is 0 Å². The van der Waals surface area contributed by atoms with Crippen molar-refractivity contribution in [1.82, 2.24) is 0 Å². The third-order valence-electron chi connectivity index (χ3n) is 2.37. The number of sulfone groups is 1. The van der Waals surface area contributed by atoms with E-state index in [4.69, 9.17) is 9.47 Å². The number of methoxy groups -OCH3 is 2. The Morgan fingerprint density at radius 2 is 1.83 bits per heavy atom. The van der Waals surface area contributed by atoms with Crippen molar-refractivity contribution in [3.05, 3.63) is 0 Å². The largest absolute Gasteiger partial charge is 0.378 e. The van der Waals surface area contributed by atoms with Gasteiger partial charge in [0.2, 0.25) is 0 Å². The minimum atomic E-state index is -3.00. The molecule has 12 heavy (non-hydrogen) atoms. The molecule has 0 radical (unpaired) electrons. The SMILES string of the molecule is CO[C@@H]1[C@@H](OC)CS(=O)(=O)[C@H]1C. The van der Waals surface area contributed by atoms with Crippen molar-refractivity contribution in [3.63, 3.8) is 0 Å². The van der Waals surface area contributed by atoms with Gasteiger partial charge in [-0.05, 0) is 6.92 Å². The lowest BCUT2D eigenvalue weighted by Gasteiger charge is -2.17. The summed E-state index contributed by atoms with van der Waals surface area (Å²) in [6, 6.07) is 0. The summed E-state index contributed by atoms with van der Waals surface area (Å²) in [5.41, 5.74) is 0. The van der Waals surface area contributed by atoms with Crippen LogP contribution in [0.15, 0.2) is 0 Å². The van der Waals surface area contributed by atoms with E-state index in [1.807, 2.05) is 0 Å². The Hall–Kier alpha value is -0.130. The van der Waals surface area contributed by atoms with Gasteiger partial charge in [-0.25, -0.2) is 8.42 Å². The maximum atomic E-state index is 11.3. The fourth-order valence-corrected chi connectivity index (χ4v) is 3.31. The first-order valence-corrected chi connectivity index (χ1v) is 5.51. The van der Waals surface area contributed by atoms with Gasteiger partial charge in [0.1, 0.15) is 6.10 Å². The molecule has 5 heteroatoms. The van der Waals surface area contributed by atoms with Crippen molar-refractivity contribution in [1.29, 1.82) is 0 Å². The van der Waals surface area contributed by atoms with Crippen molar-refractivity contribution in [2.75, 3.05) is 20.0 Å². The molecule has 0 unspecified atom stereocenters. The van der Waals surface area contributed by atoms with Crippen molar-refractivity contribution in [2.24, 2.45) is 0 Å². The van der Waals surface area contributed by atoms with Crippen molar-refractivity contribution >= 4 is 9.84 Å². The molecular formula is C7H14O4S. The molecule has 0 bridgehead atoms. The van der Waals surface area contributed by atoms with Crippen LogP contribution in [0.3, 0.4) is 0 Å². The summed E-state index contributed by atoms with van der Waals surface area (Å²) >= 11 is 0. The molecular weight excluding hydrogens is 180 g/mol. The molecule has 1 rings (SSSR count). The molecule has 72 valence electrons. The molecule has 1 aliphatic rings. The van der Waals surface area contributed by atoms with Crippen LogP contribution in [-0.2, 0) is 19.3 Å². The van der Waals surface area contributed by atoms with Crippen LogP contribution in [0.2, 0.25) is 0 Å². The Morgan fingerprint density at radius 3 is 2.17 bits per heavy atom. The topological polar surface area (TPSA) is 52.6 Å². The van der Waals surface area contributed by atoms with E-state index >= 15 is 0 Å². The molecule has 0 spiro atoms. The van der Waals surface area contributed by atoms with Crippen LogP contribution >= 0.6 is 0 Å². The molecule has 0 aromatic rings. The number of ether oxygens (including phenoxy) is 2. The van der Waals surface area contributed by atoms with E-state index in [1.165, 1.54) is 14.2 Å². The molecule has 0 N–H and O–H groups in total. The molecule has 3 atom stereocenters. The highest BCUT2D eigenvalue weighted by Gasteiger charge is 2.45. The Labute approximate surface area is 72.8 Å². The fourth-order valence-electron chi connectivity index (χ4n) is 1.53. The summed E-state index contributed by atoms with van der Waals surface area (Å²) < 4.78 is 32.8. The fraction of sp³-hybridized carbons (Fsp3) is 1.00. The molecule has 0 aliphatic carbocycles. The van der Waals surface area contributed by atoms with E-state index in [0.717, 1.165) is 0 Å². The van der Waals surface area contributed by atoms with Crippen LogP contribution < -0.4 is 0 Å². The summed E-state index contributed by atoms with van der Waals surface area (Å²) in [5, 5.41) is -0.451. The molecule has 0 saturated carbocycles. The van der Waals surface area contributed by atoms with Crippen LogP contribution in [-0.4, -0.2) is 45.8 Å². The predicted octanol–water partition coefficient (Wildman–Crippen LogP) is -0.167.